The maximum Gasteiger partial charge on any atom is 0.254 e. The zero-order valence-corrected chi connectivity index (χ0v) is 21.2. The van der Waals surface area contributed by atoms with Crippen molar-refractivity contribution in [2.24, 2.45) is 0 Å². The molecular weight excluding hydrogens is 450 g/mol. The largest absolute Gasteiger partial charge is 0.336 e. The fourth-order valence-electron chi connectivity index (χ4n) is 4.52. The number of aromatic nitrogens is 3. The summed E-state index contributed by atoms with van der Waals surface area (Å²) in [5.74, 6) is 0.0757. The van der Waals surface area contributed by atoms with Crippen LogP contribution >= 0.6 is 22.7 Å². The quantitative estimate of drug-likeness (QED) is 0.386. The summed E-state index contributed by atoms with van der Waals surface area (Å²) >= 11 is 3.50. The SMILES string of the molecule is Cc1cc(-c2cc(C(=O)N3CCN(Cc4ccsc4)CC3)c3cnn(C(C)C)c3n2)c(C)s1. The van der Waals surface area contributed by atoms with E-state index in [0.717, 1.165) is 55.0 Å². The van der Waals surface area contributed by atoms with E-state index < -0.39 is 0 Å². The van der Waals surface area contributed by atoms with Crippen LogP contribution < -0.4 is 0 Å². The van der Waals surface area contributed by atoms with E-state index in [-0.39, 0.29) is 11.9 Å². The summed E-state index contributed by atoms with van der Waals surface area (Å²) in [5.41, 5.74) is 4.79. The third-order valence-corrected chi connectivity index (χ3v) is 7.95. The Morgan fingerprint density at radius 1 is 1.15 bits per heavy atom. The maximum atomic E-state index is 13.7. The fraction of sp³-hybridized carbons (Fsp3) is 0.400. The van der Waals surface area contributed by atoms with Gasteiger partial charge in [0, 0.05) is 54.1 Å². The summed E-state index contributed by atoms with van der Waals surface area (Å²) in [6.45, 7) is 12.6. The predicted octanol–water partition coefficient (Wildman–Crippen LogP) is 5.38. The van der Waals surface area contributed by atoms with Crippen molar-refractivity contribution in [3.8, 4) is 11.3 Å². The lowest BCUT2D eigenvalue weighted by Crippen LogP contribution is -2.48. The normalized spacial score (nSPS) is 15.1. The van der Waals surface area contributed by atoms with E-state index in [0.29, 0.717) is 5.56 Å². The second-order valence-corrected chi connectivity index (χ2v) is 11.2. The zero-order chi connectivity index (χ0) is 23.1. The van der Waals surface area contributed by atoms with Gasteiger partial charge in [0.2, 0.25) is 0 Å². The van der Waals surface area contributed by atoms with Crippen molar-refractivity contribution in [2.75, 3.05) is 26.2 Å². The van der Waals surface area contributed by atoms with Crippen LogP contribution in [0.1, 0.15) is 45.6 Å². The van der Waals surface area contributed by atoms with Crippen molar-refractivity contribution < 1.29 is 4.79 Å². The number of carbonyl (C=O) groups is 1. The standard InChI is InChI=1S/C25H29N5OS2/c1-16(2)30-24-22(13-26-30)21(12-23(27-24)20-11-17(3)33-18(20)4)25(31)29-8-6-28(7-9-29)14-19-5-10-32-15-19/h5,10-13,15-16H,6-9,14H2,1-4H3. The Bertz CT molecular complexity index is 1280. The van der Waals surface area contributed by atoms with E-state index in [1.807, 2.05) is 15.6 Å². The smallest absolute Gasteiger partial charge is 0.254 e. The average Bonchev–Trinajstić information content (AvgIpc) is 3.53. The lowest BCUT2D eigenvalue weighted by atomic mass is 10.1. The summed E-state index contributed by atoms with van der Waals surface area (Å²) < 4.78 is 1.92. The first-order valence-electron chi connectivity index (χ1n) is 11.4. The Labute approximate surface area is 202 Å². The van der Waals surface area contributed by atoms with Crippen molar-refractivity contribution in [2.45, 2.75) is 40.3 Å². The second-order valence-electron chi connectivity index (χ2n) is 9.00. The summed E-state index contributed by atoms with van der Waals surface area (Å²) in [7, 11) is 0. The number of pyridine rings is 1. The summed E-state index contributed by atoms with van der Waals surface area (Å²) in [4.78, 5) is 25.6. The van der Waals surface area contributed by atoms with Crippen LogP contribution in [0.3, 0.4) is 0 Å². The predicted molar refractivity (Wildman–Crippen MR) is 136 cm³/mol. The molecule has 6 nitrogen and oxygen atoms in total. The van der Waals surface area contributed by atoms with E-state index in [4.69, 9.17) is 4.98 Å². The fourth-order valence-corrected chi connectivity index (χ4v) is 6.11. The molecule has 4 aromatic rings. The number of aryl methyl sites for hydroxylation is 2. The minimum Gasteiger partial charge on any atom is -0.336 e. The highest BCUT2D eigenvalue weighted by Gasteiger charge is 2.26. The zero-order valence-electron chi connectivity index (χ0n) is 19.5. The average molecular weight is 480 g/mol. The Balaban J connectivity index is 1.46. The van der Waals surface area contributed by atoms with Crippen LogP contribution in [0.4, 0.5) is 0 Å². The number of amides is 1. The highest BCUT2D eigenvalue weighted by molar-refractivity contribution is 7.12. The number of piperazine rings is 1. The molecule has 0 atom stereocenters. The monoisotopic (exact) mass is 479 g/mol. The molecule has 5 rings (SSSR count). The molecule has 1 fully saturated rings. The van der Waals surface area contributed by atoms with Crippen molar-refractivity contribution in [3.63, 3.8) is 0 Å². The van der Waals surface area contributed by atoms with Gasteiger partial charge in [0.1, 0.15) is 0 Å². The van der Waals surface area contributed by atoms with Gasteiger partial charge in [-0.15, -0.1) is 11.3 Å². The Morgan fingerprint density at radius 3 is 2.58 bits per heavy atom. The number of rotatable bonds is 5. The van der Waals surface area contributed by atoms with E-state index in [2.05, 4.69) is 60.6 Å². The summed E-state index contributed by atoms with van der Waals surface area (Å²) in [6, 6.07) is 6.49. The van der Waals surface area contributed by atoms with Gasteiger partial charge in [-0.3, -0.25) is 9.69 Å². The molecule has 0 aromatic carbocycles. The highest BCUT2D eigenvalue weighted by Crippen LogP contribution is 2.33. The summed E-state index contributed by atoms with van der Waals surface area (Å²) in [6.07, 6.45) is 1.80. The number of nitrogens with zero attached hydrogens (tertiary/aromatic N) is 5. The molecule has 1 saturated heterocycles. The van der Waals surface area contributed by atoms with Crippen LogP contribution in [0.5, 0.6) is 0 Å². The molecule has 5 heterocycles. The number of thiophene rings is 2. The Morgan fingerprint density at radius 2 is 1.94 bits per heavy atom. The molecule has 33 heavy (non-hydrogen) atoms. The van der Waals surface area contributed by atoms with Crippen LogP contribution in [0.2, 0.25) is 0 Å². The van der Waals surface area contributed by atoms with Crippen LogP contribution in [-0.4, -0.2) is 56.7 Å². The van der Waals surface area contributed by atoms with Gasteiger partial charge >= 0.3 is 0 Å². The molecule has 1 amide bonds. The molecule has 0 bridgehead atoms. The van der Waals surface area contributed by atoms with Gasteiger partial charge in [0.05, 0.1) is 22.8 Å². The maximum absolute atomic E-state index is 13.7. The molecule has 0 radical (unpaired) electrons. The van der Waals surface area contributed by atoms with Gasteiger partial charge in [0.25, 0.3) is 5.91 Å². The van der Waals surface area contributed by atoms with Gasteiger partial charge in [-0.1, -0.05) is 0 Å². The Kier molecular flexibility index (Phi) is 6.07. The number of hydrogen-bond acceptors (Lipinski definition) is 6. The van der Waals surface area contributed by atoms with E-state index >= 15 is 0 Å². The molecule has 0 aliphatic carbocycles. The third kappa shape index (κ3) is 4.35. The molecule has 172 valence electrons. The number of hydrogen-bond donors (Lipinski definition) is 0. The number of carbonyl (C=O) groups excluding carboxylic acids is 1. The van der Waals surface area contributed by atoms with Crippen molar-refractivity contribution in [1.82, 2.24) is 24.6 Å². The molecule has 0 N–H and O–H groups in total. The molecule has 0 saturated carbocycles. The molecule has 8 heteroatoms. The van der Waals surface area contributed by atoms with Crippen LogP contribution in [0, 0.1) is 13.8 Å². The molecule has 1 aliphatic heterocycles. The van der Waals surface area contributed by atoms with Crippen LogP contribution in [0.25, 0.3) is 22.3 Å². The first-order chi connectivity index (χ1) is 15.9. The van der Waals surface area contributed by atoms with Gasteiger partial charge in [-0.05, 0) is 62.2 Å². The van der Waals surface area contributed by atoms with Crippen molar-refractivity contribution in [3.05, 3.63) is 56.0 Å². The molecule has 0 unspecified atom stereocenters. The van der Waals surface area contributed by atoms with E-state index in [9.17, 15) is 4.79 Å². The molecule has 1 aliphatic rings. The Hall–Kier alpha value is -2.55. The van der Waals surface area contributed by atoms with Crippen LogP contribution in [-0.2, 0) is 6.54 Å². The lowest BCUT2D eigenvalue weighted by Gasteiger charge is -2.34. The van der Waals surface area contributed by atoms with Crippen molar-refractivity contribution >= 4 is 39.6 Å². The van der Waals surface area contributed by atoms with E-state index in [1.165, 1.54) is 15.3 Å². The molecule has 4 aromatic heterocycles. The molecular formula is C25H29N5OS2. The first kappa shape index (κ1) is 22.3. The van der Waals surface area contributed by atoms with Gasteiger partial charge in [0.15, 0.2) is 5.65 Å². The minimum absolute atomic E-state index is 0.0757. The van der Waals surface area contributed by atoms with E-state index in [1.54, 1.807) is 28.9 Å². The minimum atomic E-state index is 0.0757. The van der Waals surface area contributed by atoms with Gasteiger partial charge in [-0.25, -0.2) is 9.67 Å². The highest BCUT2D eigenvalue weighted by atomic mass is 32.1. The topological polar surface area (TPSA) is 54.3 Å². The van der Waals surface area contributed by atoms with Gasteiger partial charge in [-0.2, -0.15) is 16.4 Å². The van der Waals surface area contributed by atoms with Gasteiger partial charge < -0.3 is 4.90 Å². The first-order valence-corrected chi connectivity index (χ1v) is 13.1. The third-order valence-electron chi connectivity index (χ3n) is 6.25. The summed E-state index contributed by atoms with van der Waals surface area (Å²) in [5, 5.41) is 9.74. The number of fused-ring (bicyclic) bond motifs is 1. The second kappa shape index (κ2) is 9.00. The van der Waals surface area contributed by atoms with Crippen molar-refractivity contribution in [1.29, 1.82) is 0 Å². The van der Waals surface area contributed by atoms with Crippen LogP contribution in [0.15, 0.2) is 35.2 Å². The molecule has 0 spiro atoms. The lowest BCUT2D eigenvalue weighted by molar-refractivity contribution is 0.0630.